The summed E-state index contributed by atoms with van der Waals surface area (Å²) in [7, 11) is 0. The first-order valence-electron chi connectivity index (χ1n) is 6.95. The van der Waals surface area contributed by atoms with E-state index in [0.29, 0.717) is 5.92 Å². The smallest absolute Gasteiger partial charge is 0.226 e. The molecule has 0 bridgehead atoms. The summed E-state index contributed by atoms with van der Waals surface area (Å²) in [5.74, 6) is 3.18. The Hall–Kier alpha value is -0.900. The van der Waals surface area contributed by atoms with Crippen molar-refractivity contribution in [2.45, 2.75) is 50.9 Å². The van der Waals surface area contributed by atoms with Crippen LogP contribution in [0.3, 0.4) is 0 Å². The summed E-state index contributed by atoms with van der Waals surface area (Å²) >= 11 is 0. The Morgan fingerprint density at radius 2 is 2.12 bits per heavy atom. The van der Waals surface area contributed by atoms with Crippen molar-refractivity contribution in [3.8, 4) is 0 Å². The molecule has 1 unspecified atom stereocenters. The summed E-state index contributed by atoms with van der Waals surface area (Å²) in [4.78, 5) is 4.56. The molecular weight excluding hydrogens is 214 g/mol. The third kappa shape index (κ3) is 2.68. The molecule has 2 heterocycles. The molecule has 1 aliphatic heterocycles. The van der Waals surface area contributed by atoms with Crippen molar-refractivity contribution < 1.29 is 4.52 Å². The van der Waals surface area contributed by atoms with Gasteiger partial charge in [-0.2, -0.15) is 4.98 Å². The van der Waals surface area contributed by atoms with E-state index in [4.69, 9.17) is 4.52 Å². The Balaban J connectivity index is 1.52. The minimum Gasteiger partial charge on any atom is -0.339 e. The number of hydrogen-bond acceptors (Lipinski definition) is 4. The second-order valence-corrected chi connectivity index (χ2v) is 5.43. The van der Waals surface area contributed by atoms with Gasteiger partial charge in [0, 0.05) is 12.3 Å². The maximum absolute atomic E-state index is 5.36. The molecule has 1 atom stereocenters. The summed E-state index contributed by atoms with van der Waals surface area (Å²) in [6, 6.07) is 0. The first-order valence-corrected chi connectivity index (χ1v) is 6.95. The number of nitrogens with one attached hydrogen (secondary N) is 1. The van der Waals surface area contributed by atoms with Crippen LogP contribution in [-0.4, -0.2) is 23.2 Å². The van der Waals surface area contributed by atoms with Gasteiger partial charge in [0.05, 0.1) is 0 Å². The van der Waals surface area contributed by atoms with Crippen LogP contribution in [0.4, 0.5) is 0 Å². The lowest BCUT2D eigenvalue weighted by molar-refractivity contribution is 0.357. The van der Waals surface area contributed by atoms with Gasteiger partial charge in [0.2, 0.25) is 5.89 Å². The minimum absolute atomic E-state index is 0.570. The van der Waals surface area contributed by atoms with E-state index >= 15 is 0 Å². The maximum Gasteiger partial charge on any atom is 0.226 e. The number of aromatic nitrogens is 2. The fourth-order valence-electron chi connectivity index (χ4n) is 3.01. The van der Waals surface area contributed by atoms with E-state index in [1.807, 2.05) is 0 Å². The highest BCUT2D eigenvalue weighted by Crippen LogP contribution is 2.32. The fraction of sp³-hybridized carbons (Fsp3) is 0.846. The molecule has 0 aromatic carbocycles. The molecule has 0 spiro atoms. The number of hydrogen-bond donors (Lipinski definition) is 1. The van der Waals surface area contributed by atoms with Crippen LogP contribution in [0.2, 0.25) is 0 Å². The zero-order valence-electron chi connectivity index (χ0n) is 10.3. The predicted octanol–water partition coefficient (Wildman–Crippen LogP) is 2.27. The van der Waals surface area contributed by atoms with Crippen molar-refractivity contribution in [1.29, 1.82) is 0 Å². The zero-order valence-corrected chi connectivity index (χ0v) is 10.3. The van der Waals surface area contributed by atoms with E-state index < -0.39 is 0 Å². The van der Waals surface area contributed by atoms with Gasteiger partial charge in [-0.25, -0.2) is 0 Å². The molecule has 1 saturated heterocycles. The lowest BCUT2D eigenvalue weighted by Gasteiger charge is -2.04. The van der Waals surface area contributed by atoms with Gasteiger partial charge in [0.15, 0.2) is 5.82 Å². The molecule has 17 heavy (non-hydrogen) atoms. The van der Waals surface area contributed by atoms with Gasteiger partial charge >= 0.3 is 0 Å². The van der Waals surface area contributed by atoms with Gasteiger partial charge in [-0.1, -0.05) is 18.0 Å². The van der Waals surface area contributed by atoms with Crippen LogP contribution in [-0.2, 0) is 6.42 Å². The van der Waals surface area contributed by atoms with Crippen LogP contribution in [0.15, 0.2) is 4.52 Å². The normalized spacial score (nSPS) is 25.8. The topological polar surface area (TPSA) is 51.0 Å². The Morgan fingerprint density at radius 3 is 2.88 bits per heavy atom. The molecule has 3 rings (SSSR count). The van der Waals surface area contributed by atoms with Crippen LogP contribution in [0.5, 0.6) is 0 Å². The highest BCUT2D eigenvalue weighted by atomic mass is 16.5. The largest absolute Gasteiger partial charge is 0.339 e. The molecule has 1 saturated carbocycles. The molecule has 1 aromatic heterocycles. The monoisotopic (exact) mass is 235 g/mol. The molecule has 4 nitrogen and oxygen atoms in total. The van der Waals surface area contributed by atoms with Crippen molar-refractivity contribution in [2.75, 3.05) is 13.1 Å². The molecule has 0 radical (unpaired) electrons. The minimum atomic E-state index is 0.570. The van der Waals surface area contributed by atoms with E-state index in [2.05, 4.69) is 15.5 Å². The van der Waals surface area contributed by atoms with E-state index in [0.717, 1.165) is 30.6 Å². The standard InChI is InChI=1S/C13H21N3O/c1-2-4-11(3-1)13-15-12(17-16-13)6-5-10-7-8-14-9-10/h10-11,14H,1-9H2. The first kappa shape index (κ1) is 11.2. The van der Waals surface area contributed by atoms with Crippen LogP contribution >= 0.6 is 0 Å². The number of aryl methyl sites for hydroxylation is 1. The molecule has 2 fully saturated rings. The molecule has 4 heteroatoms. The van der Waals surface area contributed by atoms with Crippen molar-refractivity contribution in [3.05, 3.63) is 11.7 Å². The third-order valence-corrected chi connectivity index (χ3v) is 4.13. The average Bonchev–Trinajstić information content (AvgIpc) is 3.09. The molecule has 0 amide bonds. The summed E-state index contributed by atoms with van der Waals surface area (Å²) < 4.78 is 5.36. The summed E-state index contributed by atoms with van der Waals surface area (Å²) in [5.41, 5.74) is 0. The van der Waals surface area contributed by atoms with Crippen molar-refractivity contribution in [1.82, 2.24) is 15.5 Å². The predicted molar refractivity (Wildman–Crippen MR) is 64.8 cm³/mol. The Labute approximate surface area is 102 Å². The van der Waals surface area contributed by atoms with Gasteiger partial charge in [-0.15, -0.1) is 0 Å². The van der Waals surface area contributed by atoms with E-state index in [-0.39, 0.29) is 0 Å². The van der Waals surface area contributed by atoms with Gasteiger partial charge in [-0.05, 0) is 44.7 Å². The van der Waals surface area contributed by atoms with Crippen LogP contribution in [0, 0.1) is 5.92 Å². The Morgan fingerprint density at radius 1 is 1.24 bits per heavy atom. The van der Waals surface area contributed by atoms with Crippen molar-refractivity contribution >= 4 is 0 Å². The SMILES string of the molecule is C1CCC(c2noc(CCC3CCNC3)n2)C1. The third-order valence-electron chi connectivity index (χ3n) is 4.13. The van der Waals surface area contributed by atoms with Crippen LogP contribution < -0.4 is 5.32 Å². The maximum atomic E-state index is 5.36. The average molecular weight is 235 g/mol. The van der Waals surface area contributed by atoms with Crippen LogP contribution in [0.1, 0.15) is 56.2 Å². The van der Waals surface area contributed by atoms with Gasteiger partial charge < -0.3 is 9.84 Å². The highest BCUT2D eigenvalue weighted by molar-refractivity contribution is 4.98. The molecule has 94 valence electrons. The second-order valence-electron chi connectivity index (χ2n) is 5.43. The quantitative estimate of drug-likeness (QED) is 0.869. The van der Waals surface area contributed by atoms with Gasteiger partial charge in [0.1, 0.15) is 0 Å². The fourth-order valence-corrected chi connectivity index (χ4v) is 3.01. The van der Waals surface area contributed by atoms with E-state index in [9.17, 15) is 0 Å². The number of rotatable bonds is 4. The van der Waals surface area contributed by atoms with Crippen molar-refractivity contribution in [2.24, 2.45) is 5.92 Å². The van der Waals surface area contributed by atoms with Crippen molar-refractivity contribution in [3.63, 3.8) is 0 Å². The summed E-state index contributed by atoms with van der Waals surface area (Å²) in [5, 5.41) is 7.53. The molecule has 1 aliphatic carbocycles. The lowest BCUT2D eigenvalue weighted by Crippen LogP contribution is -2.09. The molecular formula is C13H21N3O. The lowest BCUT2D eigenvalue weighted by atomic mass is 10.0. The highest BCUT2D eigenvalue weighted by Gasteiger charge is 2.22. The van der Waals surface area contributed by atoms with E-state index in [1.165, 1.54) is 45.1 Å². The number of nitrogens with zero attached hydrogens (tertiary/aromatic N) is 2. The Kier molecular flexibility index (Phi) is 3.41. The summed E-state index contributed by atoms with van der Waals surface area (Å²) in [6.45, 7) is 2.32. The molecule has 2 aliphatic rings. The van der Waals surface area contributed by atoms with E-state index in [1.54, 1.807) is 0 Å². The van der Waals surface area contributed by atoms with Crippen LogP contribution in [0.25, 0.3) is 0 Å². The first-order chi connectivity index (χ1) is 8.42. The zero-order chi connectivity index (χ0) is 11.5. The second kappa shape index (κ2) is 5.17. The molecule has 1 N–H and O–H groups in total. The van der Waals surface area contributed by atoms with Gasteiger partial charge in [-0.3, -0.25) is 0 Å². The Bertz CT molecular complexity index is 351. The van der Waals surface area contributed by atoms with Gasteiger partial charge in [0.25, 0.3) is 0 Å². The molecule has 1 aromatic rings. The summed E-state index contributed by atoms with van der Waals surface area (Å²) in [6.07, 6.45) is 8.55.